The smallest absolute Gasteiger partial charge is 0.328 e. The van der Waals surface area contributed by atoms with E-state index in [9.17, 15) is 14.4 Å². The summed E-state index contributed by atoms with van der Waals surface area (Å²) in [6, 6.07) is 23.2. The number of anilines is 1. The van der Waals surface area contributed by atoms with Gasteiger partial charge in [-0.3, -0.25) is 9.59 Å². The van der Waals surface area contributed by atoms with Crippen molar-refractivity contribution in [2.24, 2.45) is 11.8 Å². The first kappa shape index (κ1) is 29.8. The van der Waals surface area contributed by atoms with Crippen LogP contribution >= 0.6 is 0 Å². The molecule has 4 rings (SSSR count). The fraction of sp³-hybridized carbons (Fsp3) is 0.382. The number of amides is 1. The number of benzene rings is 3. The highest BCUT2D eigenvalue weighted by Gasteiger charge is 2.27. The predicted molar refractivity (Wildman–Crippen MR) is 160 cm³/mol. The Labute approximate surface area is 242 Å². The fourth-order valence-corrected chi connectivity index (χ4v) is 4.75. The van der Waals surface area contributed by atoms with Gasteiger partial charge in [-0.25, -0.2) is 4.79 Å². The minimum absolute atomic E-state index is 0.00310. The Balaban J connectivity index is 1.34. The van der Waals surface area contributed by atoms with Crippen LogP contribution in [0, 0.1) is 11.8 Å². The molecule has 0 radical (unpaired) electrons. The van der Waals surface area contributed by atoms with Crippen LogP contribution in [0.4, 0.5) is 5.69 Å². The molecule has 0 aliphatic heterocycles. The maximum atomic E-state index is 13.2. The lowest BCUT2D eigenvalue weighted by Gasteiger charge is -2.24. The number of ether oxygens (including phenoxy) is 2. The van der Waals surface area contributed by atoms with E-state index in [4.69, 9.17) is 9.47 Å². The standard InChI is InChI=1S/C34H40N2O5/c1-24(2)33(38)36(23-26-14-15-26)20-9-21-41-28-18-16-25(17-19-28)22-31(34(39)40-3)35-30-13-8-7-12-29(30)32(37)27-10-5-4-6-11-27/h4-8,10-13,16-19,24,26,31,35H,9,14-15,20-23H2,1-3H3/t31-/m0/s1. The van der Waals surface area contributed by atoms with E-state index in [1.807, 2.05) is 67.3 Å². The summed E-state index contributed by atoms with van der Waals surface area (Å²) in [5, 5.41) is 3.24. The van der Waals surface area contributed by atoms with E-state index in [1.165, 1.54) is 20.0 Å². The van der Waals surface area contributed by atoms with Crippen LogP contribution in [-0.2, 0) is 20.7 Å². The van der Waals surface area contributed by atoms with E-state index < -0.39 is 12.0 Å². The van der Waals surface area contributed by atoms with Crippen molar-refractivity contribution < 1.29 is 23.9 Å². The minimum atomic E-state index is -0.688. The molecule has 1 amide bonds. The molecule has 0 aromatic heterocycles. The molecule has 3 aromatic carbocycles. The summed E-state index contributed by atoms with van der Waals surface area (Å²) in [4.78, 5) is 40.4. The Bertz CT molecular complexity index is 1300. The Kier molecular flexibility index (Phi) is 10.5. The third-order valence-corrected chi connectivity index (χ3v) is 7.21. The number of carbonyl (C=O) groups excluding carboxylic acids is 3. The topological polar surface area (TPSA) is 84.9 Å². The van der Waals surface area contributed by atoms with Crippen molar-refractivity contribution in [2.45, 2.75) is 45.6 Å². The molecule has 0 unspecified atom stereocenters. The quantitative estimate of drug-likeness (QED) is 0.145. The molecule has 3 aromatic rings. The molecule has 0 saturated heterocycles. The van der Waals surface area contributed by atoms with Gasteiger partial charge in [0.2, 0.25) is 5.91 Å². The number of esters is 1. The lowest BCUT2D eigenvalue weighted by atomic mass is 10.00. The number of carbonyl (C=O) groups is 3. The lowest BCUT2D eigenvalue weighted by Crippen LogP contribution is -2.37. The molecule has 1 aliphatic carbocycles. The van der Waals surface area contributed by atoms with Crippen molar-refractivity contribution in [3.63, 3.8) is 0 Å². The van der Waals surface area contributed by atoms with E-state index in [2.05, 4.69) is 5.32 Å². The first-order valence-electron chi connectivity index (χ1n) is 14.4. The molecule has 1 aliphatic rings. The van der Waals surface area contributed by atoms with Crippen molar-refractivity contribution in [3.05, 3.63) is 95.6 Å². The van der Waals surface area contributed by atoms with Crippen LogP contribution < -0.4 is 10.1 Å². The number of para-hydroxylation sites is 1. The van der Waals surface area contributed by atoms with Crippen LogP contribution in [0.1, 0.15) is 54.6 Å². The maximum Gasteiger partial charge on any atom is 0.328 e. The molecule has 0 heterocycles. The molecule has 0 bridgehead atoms. The zero-order valence-corrected chi connectivity index (χ0v) is 24.2. The third kappa shape index (κ3) is 8.68. The number of hydrogen-bond donors (Lipinski definition) is 1. The van der Waals surface area contributed by atoms with Gasteiger partial charge in [-0.1, -0.05) is 68.4 Å². The van der Waals surface area contributed by atoms with Crippen molar-refractivity contribution in [2.75, 3.05) is 32.1 Å². The summed E-state index contributed by atoms with van der Waals surface area (Å²) in [5.41, 5.74) is 2.56. The highest BCUT2D eigenvalue weighted by Crippen LogP contribution is 2.30. The SMILES string of the molecule is COC(=O)[C@H](Cc1ccc(OCCCN(CC2CC2)C(=O)C(C)C)cc1)Nc1ccccc1C(=O)c1ccccc1. The molecule has 0 spiro atoms. The van der Waals surface area contributed by atoms with Crippen LogP contribution in [0.15, 0.2) is 78.9 Å². The first-order chi connectivity index (χ1) is 19.9. The Morgan fingerprint density at radius 1 is 0.927 bits per heavy atom. The van der Waals surface area contributed by atoms with Crippen molar-refractivity contribution in [3.8, 4) is 5.75 Å². The second-order valence-electron chi connectivity index (χ2n) is 10.9. The fourth-order valence-electron chi connectivity index (χ4n) is 4.75. The monoisotopic (exact) mass is 556 g/mol. The second kappa shape index (κ2) is 14.5. The lowest BCUT2D eigenvalue weighted by molar-refractivity contribution is -0.141. The van der Waals surface area contributed by atoms with Gasteiger partial charge in [0, 0.05) is 42.2 Å². The first-order valence-corrected chi connectivity index (χ1v) is 14.4. The third-order valence-electron chi connectivity index (χ3n) is 7.21. The zero-order chi connectivity index (χ0) is 29.2. The van der Waals surface area contributed by atoms with Crippen LogP contribution in [0.25, 0.3) is 0 Å². The van der Waals surface area contributed by atoms with E-state index in [-0.39, 0.29) is 17.6 Å². The van der Waals surface area contributed by atoms with Crippen LogP contribution in [0.5, 0.6) is 5.75 Å². The number of methoxy groups -OCH3 is 1. The van der Waals surface area contributed by atoms with Crippen LogP contribution in [0.2, 0.25) is 0 Å². The maximum absolute atomic E-state index is 13.2. The van der Waals surface area contributed by atoms with Gasteiger partial charge < -0.3 is 19.7 Å². The van der Waals surface area contributed by atoms with Gasteiger partial charge >= 0.3 is 5.97 Å². The highest BCUT2D eigenvalue weighted by molar-refractivity contribution is 6.12. The average Bonchev–Trinajstić information content (AvgIpc) is 3.83. The molecular formula is C34H40N2O5. The van der Waals surface area contributed by atoms with Gasteiger partial charge in [0.05, 0.1) is 13.7 Å². The van der Waals surface area contributed by atoms with Crippen LogP contribution in [-0.4, -0.2) is 55.4 Å². The van der Waals surface area contributed by atoms with E-state index in [0.29, 0.717) is 42.3 Å². The molecule has 1 atom stereocenters. The normalized spacial score (nSPS) is 13.4. The summed E-state index contributed by atoms with van der Waals surface area (Å²) >= 11 is 0. The predicted octanol–water partition coefficient (Wildman–Crippen LogP) is 5.78. The van der Waals surface area contributed by atoms with Gasteiger partial charge in [0.25, 0.3) is 0 Å². The summed E-state index contributed by atoms with van der Waals surface area (Å²) in [6.07, 6.45) is 3.57. The van der Waals surface area contributed by atoms with E-state index >= 15 is 0 Å². The molecule has 1 saturated carbocycles. The zero-order valence-electron chi connectivity index (χ0n) is 24.2. The minimum Gasteiger partial charge on any atom is -0.494 e. The summed E-state index contributed by atoms with van der Waals surface area (Å²) < 4.78 is 11.0. The highest BCUT2D eigenvalue weighted by atomic mass is 16.5. The number of hydrogen-bond acceptors (Lipinski definition) is 6. The molecule has 41 heavy (non-hydrogen) atoms. The van der Waals surface area contributed by atoms with E-state index in [1.54, 1.807) is 30.3 Å². The van der Waals surface area contributed by atoms with Gasteiger partial charge in [-0.15, -0.1) is 0 Å². The van der Waals surface area contributed by atoms with Gasteiger partial charge in [0.1, 0.15) is 11.8 Å². The molecule has 1 N–H and O–H groups in total. The largest absolute Gasteiger partial charge is 0.494 e. The van der Waals surface area contributed by atoms with Crippen molar-refractivity contribution in [1.82, 2.24) is 4.90 Å². The Morgan fingerprint density at radius 3 is 2.27 bits per heavy atom. The molecular weight excluding hydrogens is 516 g/mol. The molecule has 216 valence electrons. The molecule has 1 fully saturated rings. The average molecular weight is 557 g/mol. The second-order valence-corrected chi connectivity index (χ2v) is 10.9. The summed E-state index contributed by atoms with van der Waals surface area (Å²) in [6.45, 7) is 5.97. The van der Waals surface area contributed by atoms with Crippen LogP contribution in [0.3, 0.4) is 0 Å². The van der Waals surface area contributed by atoms with Gasteiger partial charge in [-0.05, 0) is 55.0 Å². The summed E-state index contributed by atoms with van der Waals surface area (Å²) in [5.74, 6) is 1.07. The number of nitrogens with one attached hydrogen (secondary N) is 1. The Hall–Kier alpha value is -4.13. The van der Waals surface area contributed by atoms with Crippen molar-refractivity contribution in [1.29, 1.82) is 0 Å². The van der Waals surface area contributed by atoms with E-state index in [0.717, 1.165) is 24.3 Å². The summed E-state index contributed by atoms with van der Waals surface area (Å²) in [7, 11) is 1.36. The number of ketones is 1. The number of rotatable bonds is 15. The Morgan fingerprint density at radius 2 is 1.61 bits per heavy atom. The molecule has 7 heteroatoms. The van der Waals surface area contributed by atoms with Crippen molar-refractivity contribution >= 4 is 23.3 Å². The van der Waals surface area contributed by atoms with Gasteiger partial charge in [0.15, 0.2) is 5.78 Å². The number of nitrogens with zero attached hydrogens (tertiary/aromatic N) is 1. The molecule has 7 nitrogen and oxygen atoms in total. The van der Waals surface area contributed by atoms with Gasteiger partial charge in [-0.2, -0.15) is 0 Å².